The molecule has 17 heavy (non-hydrogen) atoms. The Bertz CT molecular complexity index is 499. The van der Waals surface area contributed by atoms with Gasteiger partial charge in [0.25, 0.3) is 5.75 Å². The zero-order valence-corrected chi connectivity index (χ0v) is 8.63. The van der Waals surface area contributed by atoms with Gasteiger partial charge in [-0.15, -0.1) is 24.8 Å². The minimum absolute atomic E-state index is 0.267. The molecule has 1 rings (SSSR count). The number of nitrogens with zero attached hydrogens (tertiary/aromatic N) is 1. The number of pyridine rings is 1. The molecule has 1 aromatic rings. The van der Waals surface area contributed by atoms with E-state index >= 15 is 0 Å². The van der Waals surface area contributed by atoms with Crippen LogP contribution in [0.2, 0.25) is 0 Å². The molecule has 0 radical (unpaired) electrons. The van der Waals surface area contributed by atoms with Gasteiger partial charge in [0.05, 0.1) is 17.6 Å². The Labute approximate surface area is 96.1 Å². The molecular formula is C7H4ClF3N2O4. The molecule has 0 aliphatic rings. The molecule has 0 saturated carbocycles. The van der Waals surface area contributed by atoms with Crippen LogP contribution in [-0.4, -0.2) is 16.3 Å². The van der Waals surface area contributed by atoms with Crippen molar-refractivity contribution < 1.29 is 22.8 Å². The molecule has 10 heteroatoms. The first kappa shape index (κ1) is 13.3. The van der Waals surface area contributed by atoms with Gasteiger partial charge in [0.15, 0.2) is 0 Å². The van der Waals surface area contributed by atoms with Gasteiger partial charge in [0, 0.05) is 0 Å². The van der Waals surface area contributed by atoms with Crippen LogP contribution >= 0.6 is 11.6 Å². The lowest BCUT2D eigenvalue weighted by Crippen LogP contribution is -2.24. The molecule has 0 saturated heterocycles. The number of rotatable bonds is 3. The summed E-state index contributed by atoms with van der Waals surface area (Å²) < 4.78 is 39.2. The van der Waals surface area contributed by atoms with Crippen molar-refractivity contribution in [3.8, 4) is 5.75 Å². The van der Waals surface area contributed by atoms with Gasteiger partial charge in [-0.25, -0.2) is 4.98 Å². The van der Waals surface area contributed by atoms with Crippen molar-refractivity contribution in [3.63, 3.8) is 0 Å². The summed E-state index contributed by atoms with van der Waals surface area (Å²) in [6.07, 6.45) is -4.35. The monoisotopic (exact) mass is 272 g/mol. The van der Waals surface area contributed by atoms with Gasteiger partial charge >= 0.3 is 12.2 Å². The highest BCUT2D eigenvalue weighted by atomic mass is 35.5. The number of ether oxygens (including phenoxy) is 1. The van der Waals surface area contributed by atoms with E-state index in [1.54, 1.807) is 0 Å². The third-order valence-corrected chi connectivity index (χ3v) is 1.93. The Kier molecular flexibility index (Phi) is 3.61. The standard InChI is InChI=1S/C7H4ClF3N2O4/c8-1-3-2-12-6(13(15)16)5(4(3)14)17-7(9,10)11/h2H,1H2,(H,12,14). The Morgan fingerprint density at radius 1 is 1.53 bits per heavy atom. The highest BCUT2D eigenvalue weighted by molar-refractivity contribution is 6.17. The molecule has 0 bridgehead atoms. The molecule has 1 aromatic heterocycles. The van der Waals surface area contributed by atoms with Crippen molar-refractivity contribution in [2.75, 3.05) is 0 Å². The number of H-pyrrole nitrogens is 1. The van der Waals surface area contributed by atoms with Crippen LogP contribution in [0.25, 0.3) is 0 Å². The predicted octanol–water partition coefficient (Wildman–Crippen LogP) is 1.92. The maximum absolute atomic E-state index is 12.0. The Morgan fingerprint density at radius 3 is 2.53 bits per heavy atom. The van der Waals surface area contributed by atoms with E-state index in [9.17, 15) is 28.1 Å². The molecule has 0 fully saturated rings. The second-order valence-electron chi connectivity index (χ2n) is 2.76. The van der Waals surface area contributed by atoms with Gasteiger partial charge < -0.3 is 14.9 Å². The minimum Gasteiger partial charge on any atom is -0.392 e. The molecule has 94 valence electrons. The fourth-order valence-electron chi connectivity index (χ4n) is 0.985. The number of hydrogen-bond donors (Lipinski definition) is 1. The van der Waals surface area contributed by atoms with Gasteiger partial charge in [0.1, 0.15) is 0 Å². The molecule has 0 aliphatic carbocycles. The van der Waals surface area contributed by atoms with E-state index in [0.29, 0.717) is 0 Å². The summed E-state index contributed by atoms with van der Waals surface area (Å²) in [6, 6.07) is 0. The van der Waals surface area contributed by atoms with Crippen LogP contribution in [0.5, 0.6) is 5.75 Å². The first-order valence-corrected chi connectivity index (χ1v) is 4.50. The summed E-state index contributed by atoms with van der Waals surface area (Å²) in [5.41, 5.74) is -1.54. The predicted molar refractivity (Wildman–Crippen MR) is 50.0 cm³/mol. The molecule has 0 aliphatic heterocycles. The third-order valence-electron chi connectivity index (χ3n) is 1.64. The fraction of sp³-hybridized carbons (Fsp3) is 0.286. The van der Waals surface area contributed by atoms with Gasteiger partial charge in [-0.1, -0.05) is 0 Å². The molecule has 1 heterocycles. The number of nitro groups is 1. The lowest BCUT2D eigenvalue weighted by molar-refractivity contribution is -0.393. The molecule has 0 atom stereocenters. The number of aromatic amines is 1. The van der Waals surface area contributed by atoms with Gasteiger partial charge in [0.2, 0.25) is 5.43 Å². The van der Waals surface area contributed by atoms with E-state index in [4.69, 9.17) is 11.6 Å². The third kappa shape index (κ3) is 3.09. The van der Waals surface area contributed by atoms with Gasteiger partial charge in [-0.3, -0.25) is 4.79 Å². The van der Waals surface area contributed by atoms with E-state index in [-0.39, 0.29) is 5.56 Å². The Balaban J connectivity index is 3.41. The largest absolute Gasteiger partial charge is 0.573 e. The molecule has 0 spiro atoms. The highest BCUT2D eigenvalue weighted by Gasteiger charge is 2.36. The molecular weight excluding hydrogens is 269 g/mol. The average Bonchev–Trinajstić information content (AvgIpc) is 2.18. The maximum atomic E-state index is 12.0. The van der Waals surface area contributed by atoms with Crippen LogP contribution in [-0.2, 0) is 5.88 Å². The molecule has 6 nitrogen and oxygen atoms in total. The summed E-state index contributed by atoms with van der Waals surface area (Å²) in [5, 5.41) is 10.4. The normalized spacial score (nSPS) is 11.3. The molecule has 1 N–H and O–H groups in total. The number of aromatic nitrogens is 1. The smallest absolute Gasteiger partial charge is 0.392 e. The zero-order chi connectivity index (χ0) is 13.2. The number of alkyl halides is 4. The topological polar surface area (TPSA) is 85.2 Å². The van der Waals surface area contributed by atoms with Crippen LogP contribution in [0.4, 0.5) is 19.0 Å². The van der Waals surface area contributed by atoms with Crippen molar-refractivity contribution in [2.24, 2.45) is 0 Å². The second kappa shape index (κ2) is 4.62. The fourth-order valence-corrected chi connectivity index (χ4v) is 1.18. The zero-order valence-electron chi connectivity index (χ0n) is 7.88. The van der Waals surface area contributed by atoms with Crippen molar-refractivity contribution in [2.45, 2.75) is 12.2 Å². The molecule has 0 amide bonds. The summed E-state index contributed by atoms with van der Waals surface area (Å²) in [4.78, 5) is 22.5. The Hall–Kier alpha value is -1.77. The highest BCUT2D eigenvalue weighted by Crippen LogP contribution is 2.27. The molecule has 0 aromatic carbocycles. The van der Waals surface area contributed by atoms with E-state index in [1.165, 1.54) is 0 Å². The van der Waals surface area contributed by atoms with Crippen LogP contribution in [0.1, 0.15) is 5.56 Å². The lowest BCUT2D eigenvalue weighted by Gasteiger charge is -2.09. The first-order valence-electron chi connectivity index (χ1n) is 3.97. The van der Waals surface area contributed by atoms with E-state index in [0.717, 1.165) is 6.20 Å². The summed E-state index contributed by atoms with van der Waals surface area (Å²) in [6.45, 7) is 0. The lowest BCUT2D eigenvalue weighted by atomic mass is 10.3. The number of halogens is 4. The number of hydrogen-bond acceptors (Lipinski definition) is 4. The van der Waals surface area contributed by atoms with Crippen molar-refractivity contribution in [3.05, 3.63) is 32.1 Å². The summed E-state index contributed by atoms with van der Waals surface area (Å²) in [7, 11) is 0. The van der Waals surface area contributed by atoms with Crippen LogP contribution < -0.4 is 10.2 Å². The van der Waals surface area contributed by atoms with Gasteiger partial charge in [-0.05, 0) is 4.92 Å². The van der Waals surface area contributed by atoms with Crippen molar-refractivity contribution in [1.82, 2.24) is 4.98 Å². The number of nitrogens with one attached hydrogen (secondary N) is 1. The minimum atomic E-state index is -5.21. The van der Waals surface area contributed by atoms with E-state index in [1.807, 2.05) is 4.98 Å². The van der Waals surface area contributed by atoms with E-state index in [2.05, 4.69) is 4.74 Å². The maximum Gasteiger partial charge on any atom is 0.573 e. The van der Waals surface area contributed by atoms with Crippen LogP contribution in [0.3, 0.4) is 0 Å². The van der Waals surface area contributed by atoms with Crippen LogP contribution in [0.15, 0.2) is 11.0 Å². The van der Waals surface area contributed by atoms with Crippen molar-refractivity contribution in [1.29, 1.82) is 0 Å². The second-order valence-corrected chi connectivity index (χ2v) is 3.03. The molecule has 0 unspecified atom stereocenters. The quantitative estimate of drug-likeness (QED) is 0.517. The summed E-state index contributed by atoms with van der Waals surface area (Å²) >= 11 is 5.28. The Morgan fingerprint density at radius 2 is 2.12 bits per heavy atom. The average molecular weight is 273 g/mol. The SMILES string of the molecule is O=c1c(CCl)c[nH]c([N+](=O)[O-])c1OC(F)(F)F. The van der Waals surface area contributed by atoms with Gasteiger partial charge in [-0.2, -0.15) is 0 Å². The van der Waals surface area contributed by atoms with Crippen LogP contribution in [0, 0.1) is 10.1 Å². The first-order chi connectivity index (χ1) is 7.76. The van der Waals surface area contributed by atoms with E-state index < -0.39 is 34.2 Å². The summed E-state index contributed by atoms with van der Waals surface area (Å²) in [5.74, 6) is -3.01. The van der Waals surface area contributed by atoms with Crippen molar-refractivity contribution >= 4 is 17.4 Å².